The first-order valence-electron chi connectivity index (χ1n) is 5.84. The Morgan fingerprint density at radius 2 is 1.94 bits per heavy atom. The van der Waals surface area contributed by atoms with Crippen molar-refractivity contribution >= 4 is 17.6 Å². The molecule has 0 heterocycles. The summed E-state index contributed by atoms with van der Waals surface area (Å²) in [4.78, 5) is 11.5. The third-order valence-corrected chi connectivity index (χ3v) is 2.71. The number of urea groups is 1. The monoisotopic (exact) mass is 270 g/mol. The van der Waals surface area contributed by atoms with Crippen LogP contribution in [0.3, 0.4) is 0 Å². The molecule has 0 saturated heterocycles. The number of hydrogen-bond donors (Lipinski definition) is 3. The molecule has 0 radical (unpaired) electrons. The minimum Gasteiger partial charge on any atom is -0.394 e. The van der Waals surface area contributed by atoms with E-state index in [0.29, 0.717) is 11.6 Å². The first kappa shape index (κ1) is 14.8. The van der Waals surface area contributed by atoms with Gasteiger partial charge in [-0.2, -0.15) is 0 Å². The van der Waals surface area contributed by atoms with E-state index in [9.17, 15) is 4.79 Å². The summed E-state index contributed by atoms with van der Waals surface area (Å²) in [6.45, 7) is 3.95. The number of carbonyl (C=O) groups is 1. The molecule has 0 spiro atoms. The van der Waals surface area contributed by atoms with Crippen LogP contribution in [0.1, 0.15) is 19.4 Å². The number of rotatable bonds is 5. The summed E-state index contributed by atoms with van der Waals surface area (Å²) < 4.78 is 0. The molecule has 0 fully saturated rings. The molecule has 0 aliphatic heterocycles. The van der Waals surface area contributed by atoms with E-state index in [2.05, 4.69) is 10.6 Å². The molecule has 0 atom stereocenters. The average Bonchev–Trinajstić information content (AvgIpc) is 2.31. The van der Waals surface area contributed by atoms with E-state index in [1.165, 1.54) is 0 Å². The van der Waals surface area contributed by atoms with Gasteiger partial charge in [-0.3, -0.25) is 0 Å². The Balaban J connectivity index is 2.29. The molecule has 1 rings (SSSR count). The van der Waals surface area contributed by atoms with Crippen molar-refractivity contribution in [1.29, 1.82) is 0 Å². The van der Waals surface area contributed by atoms with Gasteiger partial charge in [0.1, 0.15) is 0 Å². The zero-order valence-corrected chi connectivity index (χ0v) is 11.4. The van der Waals surface area contributed by atoms with Gasteiger partial charge in [0, 0.05) is 11.6 Å². The number of aliphatic hydroxyl groups is 1. The molecule has 0 aromatic heterocycles. The second kappa shape index (κ2) is 6.61. The number of aliphatic hydroxyl groups excluding tert-OH is 1. The van der Waals surface area contributed by atoms with Gasteiger partial charge in [-0.25, -0.2) is 4.79 Å². The van der Waals surface area contributed by atoms with E-state index in [-0.39, 0.29) is 12.6 Å². The molecule has 18 heavy (non-hydrogen) atoms. The molecule has 1 aromatic carbocycles. The van der Waals surface area contributed by atoms with Crippen LogP contribution in [-0.4, -0.2) is 29.8 Å². The highest BCUT2D eigenvalue weighted by Crippen LogP contribution is 2.09. The SMILES string of the molecule is CC(C)(CO)NC(=O)NCCc1ccc(Cl)cc1. The first-order chi connectivity index (χ1) is 8.43. The van der Waals surface area contributed by atoms with Gasteiger partial charge in [-0.05, 0) is 38.0 Å². The number of carbonyl (C=O) groups excluding carboxylic acids is 1. The van der Waals surface area contributed by atoms with E-state index in [1.54, 1.807) is 13.8 Å². The molecule has 0 saturated carbocycles. The Hall–Kier alpha value is -1.26. The highest BCUT2D eigenvalue weighted by molar-refractivity contribution is 6.30. The summed E-state index contributed by atoms with van der Waals surface area (Å²) in [6.07, 6.45) is 0.740. The Labute approximate surface area is 112 Å². The predicted molar refractivity (Wildman–Crippen MR) is 72.9 cm³/mol. The first-order valence-corrected chi connectivity index (χ1v) is 6.22. The fourth-order valence-corrected chi connectivity index (χ4v) is 1.49. The highest BCUT2D eigenvalue weighted by atomic mass is 35.5. The Bertz CT molecular complexity index is 390. The van der Waals surface area contributed by atoms with Gasteiger partial charge >= 0.3 is 6.03 Å². The van der Waals surface area contributed by atoms with Crippen LogP contribution in [0, 0.1) is 0 Å². The van der Waals surface area contributed by atoms with E-state index in [0.717, 1.165) is 12.0 Å². The zero-order valence-electron chi connectivity index (χ0n) is 10.7. The van der Waals surface area contributed by atoms with Crippen LogP contribution in [0.4, 0.5) is 4.79 Å². The predicted octanol–water partition coefficient (Wildman–Crippen LogP) is 1.95. The van der Waals surface area contributed by atoms with Crippen LogP contribution in [0.25, 0.3) is 0 Å². The van der Waals surface area contributed by atoms with Gasteiger partial charge in [0.15, 0.2) is 0 Å². The summed E-state index contributed by atoms with van der Waals surface area (Å²) in [5, 5.41) is 15.1. The van der Waals surface area contributed by atoms with Crippen LogP contribution in [0.2, 0.25) is 5.02 Å². The number of amides is 2. The molecule has 100 valence electrons. The third-order valence-electron chi connectivity index (χ3n) is 2.46. The maximum absolute atomic E-state index is 11.5. The fraction of sp³-hybridized carbons (Fsp3) is 0.462. The van der Waals surface area contributed by atoms with Crippen LogP contribution >= 0.6 is 11.6 Å². The quantitative estimate of drug-likeness (QED) is 0.766. The Morgan fingerprint density at radius 1 is 1.33 bits per heavy atom. The standard InChI is InChI=1S/C13H19ClN2O2/c1-13(2,9-17)16-12(18)15-8-7-10-3-5-11(14)6-4-10/h3-6,17H,7-9H2,1-2H3,(H2,15,16,18). The van der Waals surface area contributed by atoms with Crippen LogP contribution in [0.5, 0.6) is 0 Å². The van der Waals surface area contributed by atoms with Gasteiger partial charge in [-0.15, -0.1) is 0 Å². The third kappa shape index (κ3) is 5.38. The second-order valence-corrected chi connectivity index (χ2v) is 5.24. The van der Waals surface area contributed by atoms with E-state index < -0.39 is 5.54 Å². The van der Waals surface area contributed by atoms with Crippen molar-refractivity contribution in [1.82, 2.24) is 10.6 Å². The minimum absolute atomic E-state index is 0.0996. The van der Waals surface area contributed by atoms with Crippen molar-refractivity contribution in [3.05, 3.63) is 34.9 Å². The Kier molecular flexibility index (Phi) is 5.44. The largest absolute Gasteiger partial charge is 0.394 e. The summed E-state index contributed by atoms with van der Waals surface area (Å²) in [7, 11) is 0. The van der Waals surface area contributed by atoms with Gasteiger partial charge < -0.3 is 15.7 Å². The zero-order chi connectivity index (χ0) is 13.6. The van der Waals surface area contributed by atoms with Crippen molar-refractivity contribution in [2.45, 2.75) is 25.8 Å². The van der Waals surface area contributed by atoms with Crippen molar-refractivity contribution in [2.75, 3.05) is 13.2 Å². The number of hydrogen-bond acceptors (Lipinski definition) is 2. The fourth-order valence-electron chi connectivity index (χ4n) is 1.36. The highest BCUT2D eigenvalue weighted by Gasteiger charge is 2.18. The topological polar surface area (TPSA) is 61.4 Å². The van der Waals surface area contributed by atoms with Gasteiger partial charge in [0.2, 0.25) is 0 Å². The van der Waals surface area contributed by atoms with Gasteiger partial charge in [0.05, 0.1) is 12.1 Å². The number of benzene rings is 1. The molecule has 5 heteroatoms. The minimum atomic E-state index is -0.607. The van der Waals surface area contributed by atoms with E-state index in [4.69, 9.17) is 16.7 Å². The molecule has 0 aliphatic carbocycles. The van der Waals surface area contributed by atoms with Crippen molar-refractivity contribution in [3.63, 3.8) is 0 Å². The van der Waals surface area contributed by atoms with E-state index >= 15 is 0 Å². The summed E-state index contributed by atoms with van der Waals surface area (Å²) in [5.41, 5.74) is 0.505. The molecule has 0 aliphatic rings. The smallest absolute Gasteiger partial charge is 0.315 e. The lowest BCUT2D eigenvalue weighted by Crippen LogP contribution is -2.50. The van der Waals surface area contributed by atoms with Crippen LogP contribution in [-0.2, 0) is 6.42 Å². The lowest BCUT2D eigenvalue weighted by molar-refractivity contribution is 0.182. The number of nitrogens with one attached hydrogen (secondary N) is 2. The molecule has 4 nitrogen and oxygen atoms in total. The van der Waals surface area contributed by atoms with Gasteiger partial charge in [-0.1, -0.05) is 23.7 Å². The molecule has 0 bridgehead atoms. The van der Waals surface area contributed by atoms with Crippen molar-refractivity contribution < 1.29 is 9.90 Å². The molecule has 2 amide bonds. The molecule has 3 N–H and O–H groups in total. The maximum atomic E-state index is 11.5. The summed E-state index contributed by atoms with van der Waals surface area (Å²) in [5.74, 6) is 0. The normalized spacial score (nSPS) is 11.1. The molecule has 1 aromatic rings. The Morgan fingerprint density at radius 3 is 2.50 bits per heavy atom. The molecule has 0 unspecified atom stereocenters. The summed E-state index contributed by atoms with van der Waals surface area (Å²) >= 11 is 5.78. The lowest BCUT2D eigenvalue weighted by atomic mass is 10.1. The van der Waals surface area contributed by atoms with Crippen LogP contribution < -0.4 is 10.6 Å². The van der Waals surface area contributed by atoms with Crippen molar-refractivity contribution in [2.24, 2.45) is 0 Å². The van der Waals surface area contributed by atoms with Gasteiger partial charge in [0.25, 0.3) is 0 Å². The average molecular weight is 271 g/mol. The lowest BCUT2D eigenvalue weighted by Gasteiger charge is -2.23. The molecular formula is C13H19ClN2O2. The van der Waals surface area contributed by atoms with E-state index in [1.807, 2.05) is 24.3 Å². The van der Waals surface area contributed by atoms with Crippen LogP contribution in [0.15, 0.2) is 24.3 Å². The second-order valence-electron chi connectivity index (χ2n) is 4.80. The number of halogens is 1. The molecular weight excluding hydrogens is 252 g/mol. The van der Waals surface area contributed by atoms with Crippen molar-refractivity contribution in [3.8, 4) is 0 Å². The maximum Gasteiger partial charge on any atom is 0.315 e. The summed E-state index contributed by atoms with van der Waals surface area (Å²) in [6, 6.07) is 7.24.